The van der Waals surface area contributed by atoms with Gasteiger partial charge >= 0.3 is 0 Å². The van der Waals surface area contributed by atoms with E-state index < -0.39 is 5.41 Å². The predicted octanol–water partition coefficient (Wildman–Crippen LogP) is 4.59. The number of halogens is 2. The third-order valence-electron chi connectivity index (χ3n) is 3.53. The minimum atomic E-state index is -0.633. The van der Waals surface area contributed by atoms with Crippen LogP contribution in [0.2, 0.25) is 10.0 Å². The van der Waals surface area contributed by atoms with Crippen molar-refractivity contribution in [3.05, 3.63) is 69.7 Å². The number of hydrogen-bond acceptors (Lipinski definition) is 1. The molecular weight excluding hydrogens is 305 g/mol. The molecule has 0 fully saturated rings. The molecule has 0 bridgehead atoms. The third kappa shape index (κ3) is 3.78. The molecule has 2 nitrogen and oxygen atoms in total. The molecule has 2 rings (SSSR count). The van der Waals surface area contributed by atoms with Gasteiger partial charge in [-0.1, -0.05) is 53.5 Å². The molecule has 0 aromatic heterocycles. The highest BCUT2D eigenvalue weighted by molar-refractivity contribution is 6.31. The SMILES string of the molecule is CC(C)(C(=O)NCc1ccccc1Cl)c1ccc(Cl)cc1. The fourth-order valence-electron chi connectivity index (χ4n) is 2.04. The lowest BCUT2D eigenvalue weighted by molar-refractivity contribution is -0.125. The highest BCUT2D eigenvalue weighted by atomic mass is 35.5. The number of rotatable bonds is 4. The van der Waals surface area contributed by atoms with Gasteiger partial charge in [-0.25, -0.2) is 0 Å². The molecule has 0 spiro atoms. The van der Waals surface area contributed by atoms with E-state index in [-0.39, 0.29) is 5.91 Å². The zero-order chi connectivity index (χ0) is 15.5. The second kappa shape index (κ2) is 6.50. The van der Waals surface area contributed by atoms with Gasteiger partial charge in [-0.15, -0.1) is 0 Å². The van der Waals surface area contributed by atoms with Gasteiger partial charge in [0.2, 0.25) is 5.91 Å². The Bertz CT molecular complexity index is 635. The molecule has 2 aromatic carbocycles. The van der Waals surface area contributed by atoms with Crippen molar-refractivity contribution in [3.63, 3.8) is 0 Å². The van der Waals surface area contributed by atoms with E-state index in [1.165, 1.54) is 0 Å². The Balaban J connectivity index is 2.08. The van der Waals surface area contributed by atoms with Gasteiger partial charge in [-0.2, -0.15) is 0 Å². The number of hydrogen-bond donors (Lipinski definition) is 1. The number of nitrogens with one attached hydrogen (secondary N) is 1. The van der Waals surface area contributed by atoms with Crippen LogP contribution in [0.5, 0.6) is 0 Å². The Labute approximate surface area is 135 Å². The maximum Gasteiger partial charge on any atom is 0.230 e. The average Bonchev–Trinajstić information content (AvgIpc) is 2.46. The van der Waals surface area contributed by atoms with E-state index in [0.717, 1.165) is 11.1 Å². The van der Waals surface area contributed by atoms with E-state index in [1.54, 1.807) is 12.1 Å². The minimum absolute atomic E-state index is 0.0512. The molecule has 0 saturated carbocycles. The molecule has 0 radical (unpaired) electrons. The van der Waals surface area contributed by atoms with Crippen molar-refractivity contribution in [1.82, 2.24) is 5.32 Å². The molecule has 0 unspecified atom stereocenters. The number of carbonyl (C=O) groups excluding carboxylic acids is 1. The first-order chi connectivity index (χ1) is 9.91. The maximum atomic E-state index is 12.4. The lowest BCUT2D eigenvalue weighted by Crippen LogP contribution is -2.39. The summed E-state index contributed by atoms with van der Waals surface area (Å²) in [4.78, 5) is 12.4. The topological polar surface area (TPSA) is 29.1 Å². The lowest BCUT2D eigenvalue weighted by atomic mass is 9.83. The minimum Gasteiger partial charge on any atom is -0.351 e. The Kier molecular flexibility index (Phi) is 4.92. The molecule has 0 aliphatic heterocycles. The van der Waals surface area contributed by atoms with Crippen LogP contribution in [0.15, 0.2) is 48.5 Å². The van der Waals surface area contributed by atoms with Crippen LogP contribution in [0, 0.1) is 0 Å². The van der Waals surface area contributed by atoms with Crippen LogP contribution in [0.1, 0.15) is 25.0 Å². The molecule has 0 atom stereocenters. The quantitative estimate of drug-likeness (QED) is 0.876. The van der Waals surface area contributed by atoms with E-state index in [0.29, 0.717) is 16.6 Å². The zero-order valence-corrected chi connectivity index (χ0v) is 13.5. The van der Waals surface area contributed by atoms with Crippen LogP contribution < -0.4 is 5.32 Å². The Morgan fingerprint density at radius 2 is 1.67 bits per heavy atom. The molecule has 0 heterocycles. The summed E-state index contributed by atoms with van der Waals surface area (Å²) in [5, 5.41) is 4.25. The van der Waals surface area contributed by atoms with E-state index >= 15 is 0 Å². The molecule has 1 N–H and O–H groups in total. The van der Waals surface area contributed by atoms with Gasteiger partial charge in [-0.05, 0) is 43.2 Å². The molecular formula is C17H17Cl2NO. The number of carbonyl (C=O) groups is 1. The van der Waals surface area contributed by atoms with Gasteiger partial charge < -0.3 is 5.32 Å². The predicted molar refractivity (Wildman–Crippen MR) is 87.8 cm³/mol. The first-order valence-electron chi connectivity index (χ1n) is 6.69. The van der Waals surface area contributed by atoms with Crippen LogP contribution in [0.3, 0.4) is 0 Å². The second-order valence-electron chi connectivity index (χ2n) is 5.41. The molecule has 2 aromatic rings. The van der Waals surface area contributed by atoms with Crippen LogP contribution in [0.4, 0.5) is 0 Å². The van der Waals surface area contributed by atoms with Crippen molar-refractivity contribution >= 4 is 29.1 Å². The Morgan fingerprint density at radius 3 is 2.29 bits per heavy atom. The largest absolute Gasteiger partial charge is 0.351 e. The molecule has 4 heteroatoms. The highest BCUT2D eigenvalue weighted by Gasteiger charge is 2.29. The molecule has 0 aliphatic rings. The lowest BCUT2D eigenvalue weighted by Gasteiger charge is -2.24. The summed E-state index contributed by atoms with van der Waals surface area (Å²) < 4.78 is 0. The van der Waals surface area contributed by atoms with E-state index in [2.05, 4.69) is 5.32 Å². The van der Waals surface area contributed by atoms with Crippen LogP contribution >= 0.6 is 23.2 Å². The van der Waals surface area contributed by atoms with Gasteiger partial charge in [0.05, 0.1) is 5.41 Å². The average molecular weight is 322 g/mol. The zero-order valence-electron chi connectivity index (χ0n) is 12.0. The van der Waals surface area contributed by atoms with E-state index in [1.807, 2.05) is 50.2 Å². The third-order valence-corrected chi connectivity index (χ3v) is 4.15. The second-order valence-corrected chi connectivity index (χ2v) is 6.25. The Morgan fingerprint density at radius 1 is 1.05 bits per heavy atom. The van der Waals surface area contributed by atoms with Gasteiger partial charge in [0.15, 0.2) is 0 Å². The summed E-state index contributed by atoms with van der Waals surface area (Å²) in [6.45, 7) is 4.19. The summed E-state index contributed by atoms with van der Waals surface area (Å²) >= 11 is 12.0. The maximum absolute atomic E-state index is 12.4. The fraction of sp³-hybridized carbons (Fsp3) is 0.235. The van der Waals surface area contributed by atoms with Crippen molar-refractivity contribution in [2.75, 3.05) is 0 Å². The molecule has 21 heavy (non-hydrogen) atoms. The first-order valence-corrected chi connectivity index (χ1v) is 7.44. The highest BCUT2D eigenvalue weighted by Crippen LogP contribution is 2.25. The van der Waals surface area contributed by atoms with Gasteiger partial charge in [0.1, 0.15) is 0 Å². The molecule has 0 saturated heterocycles. The molecule has 0 aliphatic carbocycles. The summed E-state index contributed by atoms with van der Waals surface area (Å²) in [6.07, 6.45) is 0. The van der Waals surface area contributed by atoms with E-state index in [9.17, 15) is 4.79 Å². The van der Waals surface area contributed by atoms with Crippen molar-refractivity contribution in [2.45, 2.75) is 25.8 Å². The van der Waals surface area contributed by atoms with Crippen molar-refractivity contribution in [2.24, 2.45) is 0 Å². The van der Waals surface area contributed by atoms with Gasteiger partial charge in [0, 0.05) is 16.6 Å². The normalized spacial score (nSPS) is 11.2. The smallest absolute Gasteiger partial charge is 0.230 e. The molecule has 1 amide bonds. The standard InChI is InChI=1S/C17H17Cl2NO/c1-17(2,13-7-9-14(18)10-8-13)16(21)20-11-12-5-3-4-6-15(12)19/h3-10H,11H2,1-2H3,(H,20,21). The van der Waals surface area contributed by atoms with Crippen LogP contribution in [-0.2, 0) is 16.8 Å². The van der Waals surface area contributed by atoms with Crippen molar-refractivity contribution in [3.8, 4) is 0 Å². The van der Waals surface area contributed by atoms with Gasteiger partial charge in [-0.3, -0.25) is 4.79 Å². The first kappa shape index (κ1) is 15.9. The van der Waals surface area contributed by atoms with Crippen LogP contribution in [-0.4, -0.2) is 5.91 Å². The van der Waals surface area contributed by atoms with Crippen molar-refractivity contribution in [1.29, 1.82) is 0 Å². The summed E-state index contributed by atoms with van der Waals surface area (Å²) in [5.74, 6) is -0.0512. The van der Waals surface area contributed by atoms with E-state index in [4.69, 9.17) is 23.2 Å². The van der Waals surface area contributed by atoms with Crippen LogP contribution in [0.25, 0.3) is 0 Å². The number of amides is 1. The number of benzene rings is 2. The fourth-order valence-corrected chi connectivity index (χ4v) is 2.36. The monoisotopic (exact) mass is 321 g/mol. The molecule has 110 valence electrons. The van der Waals surface area contributed by atoms with Gasteiger partial charge in [0.25, 0.3) is 0 Å². The Hall–Kier alpha value is -1.51. The summed E-state index contributed by atoms with van der Waals surface area (Å²) in [5.41, 5.74) is 1.19. The summed E-state index contributed by atoms with van der Waals surface area (Å²) in [7, 11) is 0. The summed E-state index contributed by atoms with van der Waals surface area (Å²) in [6, 6.07) is 14.8. The van der Waals surface area contributed by atoms with Crippen molar-refractivity contribution < 1.29 is 4.79 Å².